The second kappa shape index (κ2) is 5.73. The molecule has 2 rings (SSSR count). The van der Waals surface area contributed by atoms with E-state index in [2.05, 4.69) is 4.90 Å². The van der Waals surface area contributed by atoms with E-state index in [1.54, 1.807) is 0 Å². The van der Waals surface area contributed by atoms with Gasteiger partial charge in [0.1, 0.15) is 6.04 Å². The summed E-state index contributed by atoms with van der Waals surface area (Å²) in [6.45, 7) is 2.30. The van der Waals surface area contributed by atoms with Gasteiger partial charge in [-0.1, -0.05) is 6.42 Å². The van der Waals surface area contributed by atoms with Gasteiger partial charge < -0.3 is 10.0 Å². The SMILES string of the molecule is O=C(O)[C@@H]1CSCN1C(=O)CN1CCCCC1. The molecule has 2 aliphatic rings. The van der Waals surface area contributed by atoms with Crippen molar-refractivity contribution in [1.82, 2.24) is 9.80 Å². The highest BCUT2D eigenvalue weighted by Crippen LogP contribution is 2.21. The maximum absolute atomic E-state index is 12.0. The molecule has 2 saturated heterocycles. The summed E-state index contributed by atoms with van der Waals surface area (Å²) in [5, 5.41) is 9.02. The fourth-order valence-electron chi connectivity index (χ4n) is 2.29. The first-order chi connectivity index (χ1) is 8.18. The third-order valence-corrected chi connectivity index (χ3v) is 4.31. The molecule has 2 fully saturated rings. The number of amides is 1. The van der Waals surface area contributed by atoms with E-state index in [1.165, 1.54) is 23.1 Å². The van der Waals surface area contributed by atoms with Gasteiger partial charge >= 0.3 is 5.97 Å². The van der Waals surface area contributed by atoms with Crippen LogP contribution in [0, 0.1) is 0 Å². The molecule has 0 bridgehead atoms. The summed E-state index contributed by atoms with van der Waals surface area (Å²) >= 11 is 1.51. The number of carbonyl (C=O) groups is 2. The Kier molecular flexibility index (Phi) is 4.28. The van der Waals surface area contributed by atoms with Gasteiger partial charge in [0.2, 0.25) is 5.91 Å². The van der Waals surface area contributed by atoms with E-state index >= 15 is 0 Å². The van der Waals surface area contributed by atoms with Crippen LogP contribution in [-0.4, -0.2) is 64.1 Å². The zero-order chi connectivity index (χ0) is 12.3. The molecule has 1 N–H and O–H groups in total. The smallest absolute Gasteiger partial charge is 0.327 e. The van der Waals surface area contributed by atoms with E-state index < -0.39 is 12.0 Å². The number of thioether (sulfide) groups is 1. The standard InChI is InChI=1S/C11H18N2O3S/c14-10(6-12-4-2-1-3-5-12)13-8-17-7-9(13)11(15)16/h9H,1-8H2,(H,15,16)/t9-/m0/s1. The molecule has 17 heavy (non-hydrogen) atoms. The van der Waals surface area contributed by atoms with Crippen molar-refractivity contribution in [2.45, 2.75) is 25.3 Å². The number of hydrogen-bond acceptors (Lipinski definition) is 4. The van der Waals surface area contributed by atoms with E-state index in [9.17, 15) is 9.59 Å². The van der Waals surface area contributed by atoms with E-state index in [4.69, 9.17) is 5.11 Å². The Morgan fingerprint density at radius 3 is 2.59 bits per heavy atom. The first-order valence-corrected chi connectivity index (χ1v) is 7.16. The van der Waals surface area contributed by atoms with Crippen LogP contribution in [0.25, 0.3) is 0 Å². The zero-order valence-corrected chi connectivity index (χ0v) is 10.6. The fourth-order valence-corrected chi connectivity index (χ4v) is 3.46. The summed E-state index contributed by atoms with van der Waals surface area (Å²) in [5.74, 6) is 0.108. The molecule has 5 nitrogen and oxygen atoms in total. The highest BCUT2D eigenvalue weighted by Gasteiger charge is 2.34. The van der Waals surface area contributed by atoms with Crippen LogP contribution in [0.1, 0.15) is 19.3 Å². The second-order valence-electron chi connectivity index (χ2n) is 4.55. The maximum Gasteiger partial charge on any atom is 0.327 e. The van der Waals surface area contributed by atoms with Gasteiger partial charge in [-0.2, -0.15) is 0 Å². The van der Waals surface area contributed by atoms with Gasteiger partial charge in [-0.3, -0.25) is 9.69 Å². The number of carbonyl (C=O) groups excluding carboxylic acids is 1. The van der Waals surface area contributed by atoms with Crippen LogP contribution in [0.5, 0.6) is 0 Å². The summed E-state index contributed by atoms with van der Waals surface area (Å²) in [4.78, 5) is 26.7. The summed E-state index contributed by atoms with van der Waals surface area (Å²) in [7, 11) is 0. The van der Waals surface area contributed by atoms with Crippen LogP contribution in [-0.2, 0) is 9.59 Å². The molecular weight excluding hydrogens is 240 g/mol. The molecule has 0 radical (unpaired) electrons. The lowest BCUT2D eigenvalue weighted by Crippen LogP contribution is -2.47. The van der Waals surface area contributed by atoms with E-state index in [-0.39, 0.29) is 5.91 Å². The molecule has 0 aromatic rings. The average molecular weight is 258 g/mol. The van der Waals surface area contributed by atoms with E-state index in [0.29, 0.717) is 18.2 Å². The van der Waals surface area contributed by atoms with Crippen LogP contribution in [0.3, 0.4) is 0 Å². The summed E-state index contributed by atoms with van der Waals surface area (Å²) < 4.78 is 0. The van der Waals surface area contributed by atoms with Crippen molar-refractivity contribution < 1.29 is 14.7 Å². The molecule has 0 aliphatic carbocycles. The van der Waals surface area contributed by atoms with Crippen molar-refractivity contribution in [1.29, 1.82) is 0 Å². The van der Waals surface area contributed by atoms with Gasteiger partial charge in [-0.15, -0.1) is 11.8 Å². The number of piperidine rings is 1. The molecule has 1 amide bonds. The Labute approximate surface area is 105 Å². The van der Waals surface area contributed by atoms with Crippen molar-refractivity contribution in [2.75, 3.05) is 31.3 Å². The molecule has 6 heteroatoms. The van der Waals surface area contributed by atoms with Crippen molar-refractivity contribution >= 4 is 23.6 Å². The number of aliphatic carboxylic acids is 1. The maximum atomic E-state index is 12.0. The van der Waals surface area contributed by atoms with Crippen molar-refractivity contribution in [3.63, 3.8) is 0 Å². The molecule has 0 unspecified atom stereocenters. The predicted octanol–water partition coefficient (Wildman–Crippen LogP) is 0.458. The summed E-state index contributed by atoms with van der Waals surface area (Å²) in [5.41, 5.74) is 0. The third kappa shape index (κ3) is 3.13. The fraction of sp³-hybridized carbons (Fsp3) is 0.818. The number of hydrogen-bond donors (Lipinski definition) is 1. The molecule has 1 atom stereocenters. The number of nitrogens with zero attached hydrogens (tertiary/aromatic N) is 2. The highest BCUT2D eigenvalue weighted by atomic mass is 32.2. The van der Waals surface area contributed by atoms with Crippen molar-refractivity contribution in [3.05, 3.63) is 0 Å². The van der Waals surface area contributed by atoms with E-state index in [0.717, 1.165) is 25.9 Å². The molecule has 0 spiro atoms. The lowest BCUT2D eigenvalue weighted by molar-refractivity contribution is -0.148. The number of likely N-dealkylation sites (tertiary alicyclic amines) is 1. The Bertz CT molecular complexity index is 305. The Morgan fingerprint density at radius 1 is 1.24 bits per heavy atom. The van der Waals surface area contributed by atoms with Gasteiger partial charge in [0.05, 0.1) is 12.4 Å². The summed E-state index contributed by atoms with van der Waals surface area (Å²) in [6.07, 6.45) is 3.52. The zero-order valence-electron chi connectivity index (χ0n) is 9.80. The van der Waals surface area contributed by atoms with Crippen molar-refractivity contribution in [3.8, 4) is 0 Å². The number of carboxylic acids is 1. The third-order valence-electron chi connectivity index (χ3n) is 3.30. The van der Waals surface area contributed by atoms with Crippen LogP contribution in [0.4, 0.5) is 0 Å². The van der Waals surface area contributed by atoms with Gasteiger partial charge in [0.15, 0.2) is 0 Å². The quantitative estimate of drug-likeness (QED) is 0.797. The lowest BCUT2D eigenvalue weighted by Gasteiger charge is -2.28. The predicted molar refractivity (Wildman–Crippen MR) is 65.9 cm³/mol. The first kappa shape index (κ1) is 12.7. The second-order valence-corrected chi connectivity index (χ2v) is 5.55. The summed E-state index contributed by atoms with van der Waals surface area (Å²) in [6, 6.07) is -0.628. The Hall–Kier alpha value is -0.750. The Morgan fingerprint density at radius 2 is 1.94 bits per heavy atom. The molecule has 96 valence electrons. The normalized spacial score (nSPS) is 26.1. The van der Waals surface area contributed by atoms with Gasteiger partial charge in [-0.05, 0) is 25.9 Å². The molecule has 2 heterocycles. The number of rotatable bonds is 3. The minimum absolute atomic E-state index is 0.0377. The van der Waals surface area contributed by atoms with Crippen LogP contribution < -0.4 is 0 Å². The van der Waals surface area contributed by atoms with Crippen LogP contribution >= 0.6 is 11.8 Å². The first-order valence-electron chi connectivity index (χ1n) is 6.01. The monoisotopic (exact) mass is 258 g/mol. The van der Waals surface area contributed by atoms with Crippen molar-refractivity contribution in [2.24, 2.45) is 0 Å². The van der Waals surface area contributed by atoms with Crippen LogP contribution in [0.2, 0.25) is 0 Å². The van der Waals surface area contributed by atoms with Crippen LogP contribution in [0.15, 0.2) is 0 Å². The molecule has 0 aromatic carbocycles. The van der Waals surface area contributed by atoms with E-state index in [1.807, 2.05) is 0 Å². The molecule has 0 saturated carbocycles. The number of carboxylic acid groups (broad SMARTS) is 1. The largest absolute Gasteiger partial charge is 0.480 e. The van der Waals surface area contributed by atoms with Gasteiger partial charge in [0, 0.05) is 5.75 Å². The topological polar surface area (TPSA) is 60.9 Å². The molecule has 2 aliphatic heterocycles. The average Bonchev–Trinajstić information content (AvgIpc) is 2.79. The lowest BCUT2D eigenvalue weighted by atomic mass is 10.1. The Balaban J connectivity index is 1.88. The highest BCUT2D eigenvalue weighted by molar-refractivity contribution is 7.99. The minimum atomic E-state index is -0.887. The van der Waals surface area contributed by atoms with Gasteiger partial charge in [0.25, 0.3) is 0 Å². The van der Waals surface area contributed by atoms with Gasteiger partial charge in [-0.25, -0.2) is 4.79 Å². The minimum Gasteiger partial charge on any atom is -0.480 e. The molecule has 0 aromatic heterocycles. The molecular formula is C11H18N2O3S.